The van der Waals surface area contributed by atoms with Crippen LogP contribution in [-0.2, 0) is 6.18 Å². The smallest absolute Gasteiger partial charge is 0.380 e. The first-order chi connectivity index (χ1) is 7.32. The third-order valence-electron chi connectivity index (χ3n) is 1.89. The number of nitrogens with one attached hydrogen (secondary N) is 1. The molecule has 5 heteroatoms. The van der Waals surface area contributed by atoms with Gasteiger partial charge in [-0.3, -0.25) is 0 Å². The minimum Gasteiger partial charge on any atom is -0.380 e. The van der Waals surface area contributed by atoms with E-state index >= 15 is 0 Å². The summed E-state index contributed by atoms with van der Waals surface area (Å²) < 4.78 is 37.9. The molecule has 0 bridgehead atoms. The van der Waals surface area contributed by atoms with E-state index in [-0.39, 0.29) is 17.3 Å². The van der Waals surface area contributed by atoms with Crippen LogP contribution in [0.2, 0.25) is 5.02 Å². The summed E-state index contributed by atoms with van der Waals surface area (Å²) in [4.78, 5) is 0. The molecule has 0 spiro atoms. The highest BCUT2D eigenvalue weighted by Gasteiger charge is 2.34. The maximum Gasteiger partial charge on any atom is 0.418 e. The van der Waals surface area contributed by atoms with Crippen molar-refractivity contribution >= 4 is 17.3 Å². The average molecular weight is 250 g/mol. The predicted molar refractivity (Wildman–Crippen MR) is 59.8 cm³/mol. The van der Waals surface area contributed by atoms with Crippen LogP contribution in [-0.4, -0.2) is 6.54 Å². The fourth-order valence-electron chi connectivity index (χ4n) is 1.18. The molecule has 0 fully saturated rings. The monoisotopic (exact) mass is 249 g/mol. The summed E-state index contributed by atoms with van der Waals surface area (Å²) in [5.74, 6) is 0. The molecule has 0 amide bonds. The molecule has 0 saturated carbocycles. The van der Waals surface area contributed by atoms with Gasteiger partial charge in [-0.1, -0.05) is 29.8 Å². The zero-order valence-electron chi connectivity index (χ0n) is 8.66. The number of anilines is 1. The molecule has 1 nitrogen and oxygen atoms in total. The number of hydrogen-bond donors (Lipinski definition) is 1. The van der Waals surface area contributed by atoms with E-state index in [0.29, 0.717) is 0 Å². The van der Waals surface area contributed by atoms with Gasteiger partial charge in [0.2, 0.25) is 0 Å². The first-order valence-corrected chi connectivity index (χ1v) is 4.94. The van der Waals surface area contributed by atoms with Gasteiger partial charge in [0.25, 0.3) is 0 Å². The van der Waals surface area contributed by atoms with Crippen LogP contribution in [0.5, 0.6) is 0 Å². The van der Waals surface area contributed by atoms with Crippen molar-refractivity contribution in [2.24, 2.45) is 0 Å². The topological polar surface area (TPSA) is 12.0 Å². The number of alkyl halides is 3. The number of halogens is 4. The van der Waals surface area contributed by atoms with Crippen LogP contribution in [0.1, 0.15) is 12.5 Å². The Kier molecular flexibility index (Phi) is 3.86. The van der Waals surface area contributed by atoms with Crippen molar-refractivity contribution in [2.45, 2.75) is 13.1 Å². The first kappa shape index (κ1) is 12.9. The van der Waals surface area contributed by atoms with Crippen LogP contribution >= 0.6 is 11.6 Å². The van der Waals surface area contributed by atoms with Crippen LogP contribution in [0.15, 0.2) is 30.4 Å². The highest BCUT2D eigenvalue weighted by Crippen LogP contribution is 2.38. The van der Waals surface area contributed by atoms with Crippen LogP contribution in [0.4, 0.5) is 18.9 Å². The highest BCUT2D eigenvalue weighted by molar-refractivity contribution is 6.33. The fourth-order valence-corrected chi connectivity index (χ4v) is 1.42. The molecule has 16 heavy (non-hydrogen) atoms. The number of hydrogen-bond acceptors (Lipinski definition) is 1. The minimum absolute atomic E-state index is 0.0519. The third-order valence-corrected chi connectivity index (χ3v) is 2.20. The third kappa shape index (κ3) is 3.17. The Balaban J connectivity index is 3.09. The Hall–Kier alpha value is -1.16. The average Bonchev–Trinajstić information content (AvgIpc) is 2.13. The lowest BCUT2D eigenvalue weighted by Gasteiger charge is -2.15. The van der Waals surface area contributed by atoms with Gasteiger partial charge in [-0.2, -0.15) is 13.2 Å². The van der Waals surface area contributed by atoms with Crippen molar-refractivity contribution in [1.82, 2.24) is 0 Å². The van der Waals surface area contributed by atoms with Gasteiger partial charge in [0, 0.05) is 6.54 Å². The molecule has 1 aromatic rings. The molecule has 0 unspecified atom stereocenters. The largest absolute Gasteiger partial charge is 0.418 e. The molecule has 0 heterocycles. The summed E-state index contributed by atoms with van der Waals surface area (Å²) in [6.07, 6.45) is -4.41. The summed E-state index contributed by atoms with van der Waals surface area (Å²) >= 11 is 5.73. The van der Waals surface area contributed by atoms with E-state index in [4.69, 9.17) is 11.6 Å². The maximum atomic E-state index is 12.6. The Bertz CT molecular complexity index is 399. The number of para-hydroxylation sites is 1. The molecule has 0 aliphatic carbocycles. The molecule has 1 rings (SSSR count). The van der Waals surface area contributed by atoms with E-state index < -0.39 is 11.7 Å². The maximum absolute atomic E-state index is 12.6. The lowest BCUT2D eigenvalue weighted by atomic mass is 10.1. The van der Waals surface area contributed by atoms with Gasteiger partial charge in [-0.15, -0.1) is 0 Å². The quantitative estimate of drug-likeness (QED) is 0.786. The Morgan fingerprint density at radius 3 is 2.56 bits per heavy atom. The van der Waals surface area contributed by atoms with Gasteiger partial charge < -0.3 is 5.32 Å². The predicted octanol–water partition coefficient (Wildman–Crippen LogP) is 4.35. The van der Waals surface area contributed by atoms with Crippen molar-refractivity contribution in [3.63, 3.8) is 0 Å². The molecular weight excluding hydrogens is 239 g/mol. The summed E-state index contributed by atoms with van der Waals surface area (Å²) in [5.41, 5.74) is -0.131. The SMILES string of the molecule is C=C(C)CNc1c(Cl)cccc1C(F)(F)F. The zero-order chi connectivity index (χ0) is 12.3. The molecule has 0 atom stereocenters. The second-order valence-corrected chi connectivity index (χ2v) is 3.88. The first-order valence-electron chi connectivity index (χ1n) is 4.56. The molecule has 0 aliphatic rings. The summed E-state index contributed by atoms with van der Waals surface area (Å²) in [7, 11) is 0. The van der Waals surface area contributed by atoms with Crippen molar-refractivity contribution in [1.29, 1.82) is 0 Å². The van der Waals surface area contributed by atoms with Crippen molar-refractivity contribution in [3.8, 4) is 0 Å². The van der Waals surface area contributed by atoms with Gasteiger partial charge in [0.15, 0.2) is 0 Å². The van der Waals surface area contributed by atoms with Crippen LogP contribution in [0.3, 0.4) is 0 Å². The molecule has 0 aliphatic heterocycles. The van der Waals surface area contributed by atoms with Crippen LogP contribution < -0.4 is 5.32 Å². The molecule has 0 saturated heterocycles. The van der Waals surface area contributed by atoms with E-state index in [1.165, 1.54) is 12.1 Å². The molecular formula is C11H11ClF3N. The van der Waals surface area contributed by atoms with Gasteiger partial charge >= 0.3 is 6.18 Å². The standard InChI is InChI=1S/C11H11ClF3N/c1-7(2)6-16-10-8(11(13,14)15)4-3-5-9(10)12/h3-5,16H,1,6H2,2H3. The van der Waals surface area contributed by atoms with Crippen molar-refractivity contribution in [3.05, 3.63) is 40.9 Å². The minimum atomic E-state index is -4.41. The summed E-state index contributed by atoms with van der Waals surface area (Å²) in [6.45, 7) is 5.58. The van der Waals surface area contributed by atoms with Gasteiger partial charge in [-0.05, 0) is 19.1 Å². The Morgan fingerprint density at radius 1 is 1.44 bits per heavy atom. The Labute approximate surface area is 96.9 Å². The van der Waals surface area contributed by atoms with Crippen LogP contribution in [0, 0.1) is 0 Å². The molecule has 0 radical (unpaired) electrons. The lowest BCUT2D eigenvalue weighted by Crippen LogP contribution is -2.12. The van der Waals surface area contributed by atoms with Crippen molar-refractivity contribution < 1.29 is 13.2 Å². The van der Waals surface area contributed by atoms with Gasteiger partial charge in [-0.25, -0.2) is 0 Å². The second kappa shape index (κ2) is 4.78. The summed E-state index contributed by atoms with van der Waals surface area (Å²) in [6, 6.07) is 3.68. The van der Waals surface area contributed by atoms with Gasteiger partial charge in [0.1, 0.15) is 0 Å². The number of rotatable bonds is 3. The van der Waals surface area contributed by atoms with Crippen LogP contribution in [0.25, 0.3) is 0 Å². The van der Waals surface area contributed by atoms with Crippen molar-refractivity contribution in [2.75, 3.05) is 11.9 Å². The molecule has 1 N–H and O–H groups in total. The van der Waals surface area contributed by atoms with E-state index in [0.717, 1.165) is 11.6 Å². The van der Waals surface area contributed by atoms with E-state index in [2.05, 4.69) is 11.9 Å². The lowest BCUT2D eigenvalue weighted by molar-refractivity contribution is -0.136. The molecule has 1 aromatic carbocycles. The second-order valence-electron chi connectivity index (χ2n) is 3.47. The van der Waals surface area contributed by atoms with Gasteiger partial charge in [0.05, 0.1) is 16.3 Å². The van der Waals surface area contributed by atoms with E-state index in [9.17, 15) is 13.2 Å². The zero-order valence-corrected chi connectivity index (χ0v) is 9.41. The fraction of sp³-hybridized carbons (Fsp3) is 0.273. The summed E-state index contributed by atoms with van der Waals surface area (Å²) in [5, 5.41) is 2.69. The molecule has 0 aromatic heterocycles. The van der Waals surface area contributed by atoms with E-state index in [1.54, 1.807) is 6.92 Å². The molecule has 88 valence electrons. The normalized spacial score (nSPS) is 11.3. The highest BCUT2D eigenvalue weighted by atomic mass is 35.5. The van der Waals surface area contributed by atoms with E-state index in [1.807, 2.05) is 0 Å². The Morgan fingerprint density at radius 2 is 2.06 bits per heavy atom. The number of benzene rings is 1.